The van der Waals surface area contributed by atoms with Gasteiger partial charge in [0, 0.05) is 18.4 Å². The summed E-state index contributed by atoms with van der Waals surface area (Å²) in [6.07, 6.45) is 1.27. The standard InChI is InChI=1S/C32H39F3N4O5/c1-16-23(15-40)39-14-25(16)43-28-26(36-21-9-8-18(33)13-22(21)37-28)32(34,35)10-6-5-7-19-20-11-17(20)12-24(19)44-30(42)38-27(29(39)41)31(2,3)4/h8-9,13,15-17,19-20,23-25,27H,5-7,10-12,14H2,1-4H3,(H,38,42)/t16-,17?,19+,20?,23+,24+,25-,27+/m0/s1. The molecule has 3 fully saturated rings. The van der Waals surface area contributed by atoms with E-state index in [2.05, 4.69) is 15.3 Å². The molecule has 2 amide bonds. The number of halogens is 3. The van der Waals surface area contributed by atoms with Gasteiger partial charge in [-0.25, -0.2) is 19.2 Å². The second-order valence-electron chi connectivity index (χ2n) is 14.0. The van der Waals surface area contributed by atoms with Crippen LogP contribution in [-0.2, 0) is 20.2 Å². The fourth-order valence-electron chi connectivity index (χ4n) is 7.34. The molecule has 2 aliphatic heterocycles. The molecule has 1 N–H and O–H groups in total. The molecule has 1 aromatic carbocycles. The van der Waals surface area contributed by atoms with E-state index in [1.807, 2.05) is 0 Å². The lowest BCUT2D eigenvalue weighted by Crippen LogP contribution is -2.56. The van der Waals surface area contributed by atoms with E-state index in [0.717, 1.165) is 25.0 Å². The van der Waals surface area contributed by atoms with Crippen molar-refractivity contribution in [2.45, 2.75) is 96.4 Å². The van der Waals surface area contributed by atoms with Crippen molar-refractivity contribution >= 4 is 29.3 Å². The minimum absolute atomic E-state index is 0.0500. The van der Waals surface area contributed by atoms with Crippen LogP contribution in [0.3, 0.4) is 0 Å². The van der Waals surface area contributed by atoms with E-state index in [1.54, 1.807) is 27.7 Å². The number of carbonyl (C=O) groups excluding carboxylic acids is 3. The normalized spacial score (nSPS) is 34.0. The van der Waals surface area contributed by atoms with Crippen LogP contribution in [0.25, 0.3) is 11.0 Å². The molecule has 12 heteroatoms. The third-order valence-electron chi connectivity index (χ3n) is 9.94. The summed E-state index contributed by atoms with van der Waals surface area (Å²) in [6.45, 7) is 6.98. The highest BCUT2D eigenvalue weighted by Crippen LogP contribution is 2.58. The fraction of sp³-hybridized carbons (Fsp3) is 0.656. The van der Waals surface area contributed by atoms with E-state index in [4.69, 9.17) is 9.47 Å². The van der Waals surface area contributed by atoms with E-state index >= 15 is 8.78 Å². The molecule has 2 aromatic rings. The van der Waals surface area contributed by atoms with Gasteiger partial charge in [0.05, 0.1) is 23.6 Å². The molecule has 1 saturated heterocycles. The number of aldehydes is 1. The van der Waals surface area contributed by atoms with Gasteiger partial charge in [0.2, 0.25) is 11.8 Å². The van der Waals surface area contributed by atoms with Gasteiger partial charge in [-0.15, -0.1) is 0 Å². The first-order valence-corrected chi connectivity index (χ1v) is 15.5. The number of aromatic nitrogens is 2. The highest BCUT2D eigenvalue weighted by atomic mass is 19.3. The maximum atomic E-state index is 15.9. The van der Waals surface area contributed by atoms with E-state index in [9.17, 15) is 18.8 Å². The number of nitrogens with zero attached hydrogens (tertiary/aromatic N) is 3. The first kappa shape index (κ1) is 30.6. The van der Waals surface area contributed by atoms with E-state index < -0.39 is 71.3 Å². The zero-order valence-corrected chi connectivity index (χ0v) is 25.4. The topological polar surface area (TPSA) is 111 Å². The van der Waals surface area contributed by atoms with Crippen molar-refractivity contribution in [2.24, 2.45) is 29.1 Å². The van der Waals surface area contributed by atoms with Gasteiger partial charge in [-0.2, -0.15) is 8.78 Å². The summed E-state index contributed by atoms with van der Waals surface area (Å²) in [5.74, 6) is -4.65. The lowest BCUT2D eigenvalue weighted by atomic mass is 9.85. The molecule has 3 heterocycles. The Kier molecular flexibility index (Phi) is 7.76. The number of carbonyl (C=O) groups is 3. The Labute approximate surface area is 254 Å². The van der Waals surface area contributed by atoms with Crippen molar-refractivity contribution in [3.8, 4) is 5.88 Å². The minimum Gasteiger partial charge on any atom is -0.471 e. The monoisotopic (exact) mass is 616 g/mol. The van der Waals surface area contributed by atoms with Gasteiger partial charge >= 0.3 is 6.09 Å². The molecule has 2 bridgehead atoms. The van der Waals surface area contributed by atoms with Crippen LogP contribution < -0.4 is 10.1 Å². The lowest BCUT2D eigenvalue weighted by molar-refractivity contribution is -0.139. The van der Waals surface area contributed by atoms with E-state index in [0.29, 0.717) is 31.0 Å². The van der Waals surface area contributed by atoms with Crippen LogP contribution in [0.4, 0.5) is 18.0 Å². The van der Waals surface area contributed by atoms with Crippen LogP contribution in [0.1, 0.15) is 71.9 Å². The molecule has 238 valence electrons. The van der Waals surface area contributed by atoms with Gasteiger partial charge in [0.25, 0.3) is 5.92 Å². The summed E-state index contributed by atoms with van der Waals surface area (Å²) in [5.41, 5.74) is -1.24. The number of hydrogen-bond acceptors (Lipinski definition) is 7. The van der Waals surface area contributed by atoms with Gasteiger partial charge in [0.15, 0.2) is 5.69 Å². The summed E-state index contributed by atoms with van der Waals surface area (Å²) >= 11 is 0. The molecule has 1 aromatic heterocycles. The largest absolute Gasteiger partial charge is 0.471 e. The van der Waals surface area contributed by atoms with E-state index in [-0.39, 0.29) is 36.0 Å². The number of alkyl carbamates (subject to hydrolysis) is 1. The fourth-order valence-corrected chi connectivity index (χ4v) is 7.34. The summed E-state index contributed by atoms with van der Waals surface area (Å²) in [4.78, 5) is 49.3. The molecule has 2 saturated carbocycles. The number of ether oxygens (including phenoxy) is 2. The average Bonchev–Trinajstić information content (AvgIpc) is 3.52. The number of benzene rings is 1. The smallest absolute Gasteiger partial charge is 0.408 e. The van der Waals surface area contributed by atoms with Crippen LogP contribution in [-0.4, -0.2) is 64.0 Å². The number of amides is 2. The zero-order valence-electron chi connectivity index (χ0n) is 25.4. The zero-order chi connectivity index (χ0) is 31.6. The van der Waals surface area contributed by atoms with Crippen LogP contribution in [0.2, 0.25) is 0 Å². The molecule has 6 rings (SSSR count). The van der Waals surface area contributed by atoms with Crippen LogP contribution in [0.15, 0.2) is 18.2 Å². The van der Waals surface area contributed by atoms with Gasteiger partial charge in [-0.3, -0.25) is 4.79 Å². The molecule has 44 heavy (non-hydrogen) atoms. The van der Waals surface area contributed by atoms with Crippen molar-refractivity contribution in [3.05, 3.63) is 29.7 Å². The van der Waals surface area contributed by atoms with Crippen molar-refractivity contribution < 1.29 is 37.0 Å². The molecule has 4 aliphatic rings. The summed E-state index contributed by atoms with van der Waals surface area (Å²) in [7, 11) is 0. The van der Waals surface area contributed by atoms with Gasteiger partial charge in [-0.1, -0.05) is 34.1 Å². The second-order valence-corrected chi connectivity index (χ2v) is 14.0. The molecule has 0 radical (unpaired) electrons. The third-order valence-corrected chi connectivity index (χ3v) is 9.94. The molecule has 9 nitrogen and oxygen atoms in total. The van der Waals surface area contributed by atoms with Crippen LogP contribution >= 0.6 is 0 Å². The van der Waals surface area contributed by atoms with Crippen molar-refractivity contribution in [2.75, 3.05) is 6.54 Å². The number of hydrogen-bond donors (Lipinski definition) is 1. The first-order valence-electron chi connectivity index (χ1n) is 15.5. The van der Waals surface area contributed by atoms with Crippen molar-refractivity contribution in [3.63, 3.8) is 0 Å². The summed E-state index contributed by atoms with van der Waals surface area (Å²) < 4.78 is 57.8. The van der Waals surface area contributed by atoms with Gasteiger partial charge in [-0.05, 0) is 61.0 Å². The average molecular weight is 617 g/mol. The number of nitrogens with one attached hydrogen (secondary N) is 1. The predicted octanol–water partition coefficient (Wildman–Crippen LogP) is 5.39. The Morgan fingerprint density at radius 1 is 1.05 bits per heavy atom. The molecular weight excluding hydrogens is 577 g/mol. The highest BCUT2D eigenvalue weighted by molar-refractivity contribution is 5.89. The quantitative estimate of drug-likeness (QED) is 0.428. The molecular formula is C32H39F3N4O5. The Morgan fingerprint density at radius 2 is 1.82 bits per heavy atom. The van der Waals surface area contributed by atoms with Gasteiger partial charge in [0.1, 0.15) is 30.4 Å². The summed E-state index contributed by atoms with van der Waals surface area (Å²) in [6, 6.07) is 1.56. The molecule has 2 unspecified atom stereocenters. The maximum absolute atomic E-state index is 15.9. The Balaban J connectivity index is 1.39. The van der Waals surface area contributed by atoms with E-state index in [1.165, 1.54) is 11.0 Å². The van der Waals surface area contributed by atoms with Crippen LogP contribution in [0.5, 0.6) is 5.88 Å². The van der Waals surface area contributed by atoms with Crippen molar-refractivity contribution in [1.82, 2.24) is 20.2 Å². The second kappa shape index (κ2) is 11.2. The summed E-state index contributed by atoms with van der Waals surface area (Å²) in [5, 5.41) is 2.78. The molecule has 8 atom stereocenters. The Bertz CT molecular complexity index is 1470. The van der Waals surface area contributed by atoms with Crippen LogP contribution in [0, 0.1) is 34.9 Å². The molecule has 0 spiro atoms. The Morgan fingerprint density at radius 3 is 2.55 bits per heavy atom. The van der Waals surface area contributed by atoms with Gasteiger partial charge < -0.3 is 24.5 Å². The number of fused-ring (bicyclic) bond motifs is 7. The first-order chi connectivity index (χ1) is 20.8. The number of rotatable bonds is 1. The maximum Gasteiger partial charge on any atom is 0.408 e. The minimum atomic E-state index is -3.41. The third kappa shape index (κ3) is 5.72. The van der Waals surface area contributed by atoms with Crippen molar-refractivity contribution in [1.29, 1.82) is 0 Å². The lowest BCUT2D eigenvalue weighted by Gasteiger charge is -2.35. The highest BCUT2D eigenvalue weighted by Gasteiger charge is 2.55. The predicted molar refractivity (Wildman–Crippen MR) is 153 cm³/mol. The Hall–Kier alpha value is -3.44. The number of alkyl halides is 2. The molecule has 2 aliphatic carbocycles. The SMILES string of the molecule is C[C@@H]1[C@@H]2CN(C(=O)[C@H](C(C)(C)C)NC(=O)O[C@@H]3CC4CC4[C@H]3CCCCC(F)(F)c3nc4ccc(F)cc4nc3O2)[C@@H]1C=O.